The molecule has 1 fully saturated rings. The molecule has 0 aliphatic heterocycles. The second-order valence-corrected chi connectivity index (χ2v) is 11.7. The number of hydrogen-bond acceptors (Lipinski definition) is 4. The molecule has 3 aromatic carbocycles. The van der Waals surface area contributed by atoms with Crippen LogP contribution in [0.1, 0.15) is 44.6 Å². The van der Waals surface area contributed by atoms with E-state index in [1.807, 2.05) is 30.3 Å². The number of carbonyl (C=O) groups excluding carboxylic acids is 2. The lowest BCUT2D eigenvalue weighted by atomic mass is 9.95. The molecule has 1 saturated carbocycles. The van der Waals surface area contributed by atoms with Crippen molar-refractivity contribution < 1.29 is 22.4 Å². The molecule has 0 radical (unpaired) electrons. The maximum atomic E-state index is 13.9. The molecule has 4 rings (SSSR count). The van der Waals surface area contributed by atoms with Crippen molar-refractivity contribution >= 4 is 27.5 Å². The molecule has 0 saturated heterocycles. The van der Waals surface area contributed by atoms with E-state index >= 15 is 0 Å². The number of amides is 2. The summed E-state index contributed by atoms with van der Waals surface area (Å²) < 4.78 is 41.9. The Bertz CT molecular complexity index is 1350. The zero-order valence-corrected chi connectivity index (χ0v) is 22.8. The number of nitrogens with zero attached hydrogens (tertiary/aromatic N) is 2. The quantitative estimate of drug-likeness (QED) is 0.389. The van der Waals surface area contributed by atoms with Crippen molar-refractivity contribution in [3.05, 3.63) is 96.3 Å². The lowest BCUT2D eigenvalue weighted by molar-refractivity contribution is -0.139. The third-order valence-corrected chi connectivity index (χ3v) is 8.83. The molecule has 9 heteroatoms. The minimum absolute atomic E-state index is 0.0713. The topological polar surface area (TPSA) is 86.8 Å². The normalized spacial score (nSPS) is 14.8. The summed E-state index contributed by atoms with van der Waals surface area (Å²) in [5, 5.41) is 3.09. The third kappa shape index (κ3) is 7.23. The predicted molar refractivity (Wildman–Crippen MR) is 149 cm³/mol. The summed E-state index contributed by atoms with van der Waals surface area (Å²) in [5.41, 5.74) is 1.10. The molecule has 1 N–H and O–H groups in total. The average molecular weight is 552 g/mol. The minimum atomic E-state index is -4.22. The van der Waals surface area contributed by atoms with E-state index in [4.69, 9.17) is 0 Å². The molecule has 206 valence electrons. The second kappa shape index (κ2) is 12.9. The lowest BCUT2D eigenvalue weighted by Crippen LogP contribution is -2.53. The van der Waals surface area contributed by atoms with Gasteiger partial charge < -0.3 is 10.2 Å². The Labute approximate surface area is 229 Å². The van der Waals surface area contributed by atoms with Crippen LogP contribution in [0, 0.1) is 5.82 Å². The molecule has 1 aliphatic carbocycles. The van der Waals surface area contributed by atoms with E-state index in [1.54, 1.807) is 37.3 Å². The van der Waals surface area contributed by atoms with Gasteiger partial charge in [-0.1, -0.05) is 67.8 Å². The van der Waals surface area contributed by atoms with Gasteiger partial charge in [-0.2, -0.15) is 0 Å². The van der Waals surface area contributed by atoms with Crippen LogP contribution in [0.25, 0.3) is 0 Å². The van der Waals surface area contributed by atoms with E-state index in [2.05, 4.69) is 5.32 Å². The summed E-state index contributed by atoms with van der Waals surface area (Å²) in [6.07, 6.45) is 5.07. The standard InChI is InChI=1S/C30H34FN3O4S/c1-23(30(36)32-26-13-7-3-8-14-26)33(21-24-11-5-2-6-12-24)29(35)22-34(27-15-9-4-10-16-27)39(37,38)28-19-17-25(31)18-20-28/h2,4-6,9-12,15-20,23,26H,3,7-8,13-14,21-22H2,1H3,(H,32,36)/t23-/m1/s1. The highest BCUT2D eigenvalue weighted by molar-refractivity contribution is 7.92. The van der Waals surface area contributed by atoms with Gasteiger partial charge in [0.05, 0.1) is 10.6 Å². The summed E-state index contributed by atoms with van der Waals surface area (Å²) in [6, 6.07) is 21.3. The van der Waals surface area contributed by atoms with E-state index in [-0.39, 0.29) is 29.1 Å². The van der Waals surface area contributed by atoms with Gasteiger partial charge in [-0.15, -0.1) is 0 Å². The number of sulfonamides is 1. The summed E-state index contributed by atoms with van der Waals surface area (Å²) in [7, 11) is -4.22. The molecule has 2 amide bonds. The molecule has 0 bridgehead atoms. The van der Waals surface area contributed by atoms with Crippen molar-refractivity contribution in [1.29, 1.82) is 0 Å². The second-order valence-electron chi connectivity index (χ2n) is 9.83. The summed E-state index contributed by atoms with van der Waals surface area (Å²) in [5.74, 6) is -1.36. The Morgan fingerprint density at radius 1 is 0.897 bits per heavy atom. The van der Waals surface area contributed by atoms with Crippen LogP contribution in [0.15, 0.2) is 89.8 Å². The van der Waals surface area contributed by atoms with Crippen LogP contribution in [0.3, 0.4) is 0 Å². The number of nitrogens with one attached hydrogen (secondary N) is 1. The molecule has 1 atom stereocenters. The zero-order valence-electron chi connectivity index (χ0n) is 22.0. The number of rotatable bonds is 10. The zero-order chi connectivity index (χ0) is 27.8. The first kappa shape index (κ1) is 28.3. The van der Waals surface area contributed by atoms with Gasteiger partial charge in [-0.3, -0.25) is 13.9 Å². The number of anilines is 1. The van der Waals surface area contributed by atoms with Crippen LogP contribution in [0.4, 0.5) is 10.1 Å². The van der Waals surface area contributed by atoms with Crippen LogP contribution < -0.4 is 9.62 Å². The first-order valence-corrected chi connectivity index (χ1v) is 14.7. The lowest BCUT2D eigenvalue weighted by Gasteiger charge is -2.33. The van der Waals surface area contributed by atoms with Gasteiger partial charge in [0.1, 0.15) is 18.4 Å². The molecule has 0 spiro atoms. The van der Waals surface area contributed by atoms with Gasteiger partial charge in [-0.05, 0) is 61.7 Å². The highest BCUT2D eigenvalue weighted by Crippen LogP contribution is 2.25. The molecular formula is C30H34FN3O4S. The monoisotopic (exact) mass is 551 g/mol. The molecule has 0 heterocycles. The van der Waals surface area contributed by atoms with Crippen molar-refractivity contribution in [2.24, 2.45) is 0 Å². The molecule has 0 aromatic heterocycles. The number of para-hydroxylation sites is 1. The van der Waals surface area contributed by atoms with Crippen LogP contribution in [-0.2, 0) is 26.2 Å². The van der Waals surface area contributed by atoms with Gasteiger partial charge in [0.25, 0.3) is 10.0 Å². The highest BCUT2D eigenvalue weighted by atomic mass is 32.2. The number of hydrogen-bond donors (Lipinski definition) is 1. The van der Waals surface area contributed by atoms with E-state index in [0.717, 1.165) is 54.1 Å². The molecule has 0 unspecified atom stereocenters. The first-order chi connectivity index (χ1) is 18.8. The van der Waals surface area contributed by atoms with Crippen molar-refractivity contribution in [2.45, 2.75) is 62.6 Å². The summed E-state index contributed by atoms with van der Waals surface area (Å²) in [6.45, 7) is 1.27. The molecule has 39 heavy (non-hydrogen) atoms. The summed E-state index contributed by atoms with van der Waals surface area (Å²) >= 11 is 0. The van der Waals surface area contributed by atoms with Crippen molar-refractivity contribution in [1.82, 2.24) is 10.2 Å². The smallest absolute Gasteiger partial charge is 0.264 e. The van der Waals surface area contributed by atoms with Gasteiger partial charge in [0.2, 0.25) is 11.8 Å². The minimum Gasteiger partial charge on any atom is -0.352 e. The van der Waals surface area contributed by atoms with Gasteiger partial charge in [0.15, 0.2) is 0 Å². The molecule has 7 nitrogen and oxygen atoms in total. The average Bonchev–Trinajstić information content (AvgIpc) is 2.96. The Morgan fingerprint density at radius 3 is 2.10 bits per heavy atom. The van der Waals surface area contributed by atoms with Gasteiger partial charge in [-0.25, -0.2) is 12.8 Å². The number of halogens is 1. The Hall–Kier alpha value is -3.72. The van der Waals surface area contributed by atoms with Crippen LogP contribution in [0.2, 0.25) is 0 Å². The SMILES string of the molecule is C[C@H](C(=O)NC1CCCCC1)N(Cc1ccccc1)C(=O)CN(c1ccccc1)S(=O)(=O)c1ccc(F)cc1. The predicted octanol–water partition coefficient (Wildman–Crippen LogP) is 4.89. The van der Waals surface area contributed by atoms with E-state index in [1.165, 1.54) is 17.0 Å². The first-order valence-electron chi connectivity index (χ1n) is 13.2. The van der Waals surface area contributed by atoms with Crippen molar-refractivity contribution in [3.63, 3.8) is 0 Å². The van der Waals surface area contributed by atoms with Crippen molar-refractivity contribution in [2.75, 3.05) is 10.8 Å². The molecule has 3 aromatic rings. The van der Waals surface area contributed by atoms with Crippen molar-refractivity contribution in [3.8, 4) is 0 Å². The van der Waals surface area contributed by atoms with Gasteiger partial charge >= 0.3 is 0 Å². The fourth-order valence-electron chi connectivity index (χ4n) is 4.79. The third-order valence-electron chi connectivity index (χ3n) is 7.04. The van der Waals surface area contributed by atoms with E-state index < -0.39 is 34.3 Å². The Kier molecular flexibility index (Phi) is 9.35. The largest absolute Gasteiger partial charge is 0.352 e. The molecular weight excluding hydrogens is 517 g/mol. The fraction of sp³-hybridized carbons (Fsp3) is 0.333. The summed E-state index contributed by atoms with van der Waals surface area (Å²) in [4.78, 5) is 28.4. The van der Waals surface area contributed by atoms with Crippen LogP contribution in [-0.4, -0.2) is 43.8 Å². The number of carbonyl (C=O) groups is 2. The van der Waals surface area contributed by atoms with Gasteiger partial charge in [0, 0.05) is 12.6 Å². The number of benzene rings is 3. The Morgan fingerprint density at radius 2 is 1.49 bits per heavy atom. The molecule has 1 aliphatic rings. The van der Waals surface area contributed by atoms with Crippen LogP contribution in [0.5, 0.6) is 0 Å². The van der Waals surface area contributed by atoms with E-state index in [0.29, 0.717) is 0 Å². The fourth-order valence-corrected chi connectivity index (χ4v) is 6.20. The highest BCUT2D eigenvalue weighted by Gasteiger charge is 2.33. The van der Waals surface area contributed by atoms with Crippen LogP contribution >= 0.6 is 0 Å². The van der Waals surface area contributed by atoms with E-state index in [9.17, 15) is 22.4 Å². The Balaban J connectivity index is 1.64. The maximum Gasteiger partial charge on any atom is 0.264 e. The maximum absolute atomic E-state index is 13.9.